The molecule has 1 atom stereocenters. The maximum absolute atomic E-state index is 5.88. The van der Waals surface area contributed by atoms with Crippen LogP contribution in [-0.2, 0) is 20.3 Å². The van der Waals surface area contributed by atoms with E-state index in [0.717, 1.165) is 23.9 Å². The fraction of sp³-hybridized carbons (Fsp3) is 0.400. The van der Waals surface area contributed by atoms with Crippen LogP contribution in [0.5, 0.6) is 11.5 Å². The molecular formula is C20H24N4O2S2. The van der Waals surface area contributed by atoms with Crippen molar-refractivity contribution >= 4 is 23.6 Å². The predicted octanol–water partition coefficient (Wildman–Crippen LogP) is 4.39. The standard InChI is InChI=1S/C20H24N4O2S2/c1-22-19(13-26-16-9-7-15(25-2)8-10-16)21-24(20(22)27)14-23-11-3-5-17(23)18-6-4-12-28-18/h4,6-10,12,17H,3,5,11,13-14H2,1-2H3/t17-/m0/s1. The van der Waals surface area contributed by atoms with Crippen LogP contribution in [0.4, 0.5) is 0 Å². The van der Waals surface area contributed by atoms with Crippen molar-refractivity contribution in [3.63, 3.8) is 0 Å². The molecule has 0 unspecified atom stereocenters. The lowest BCUT2D eigenvalue weighted by molar-refractivity contribution is 0.191. The Balaban J connectivity index is 1.45. The average Bonchev–Trinajstić information content (AvgIpc) is 3.45. The summed E-state index contributed by atoms with van der Waals surface area (Å²) in [4.78, 5) is 3.88. The van der Waals surface area contributed by atoms with Gasteiger partial charge in [0.1, 0.15) is 18.1 Å². The molecule has 28 heavy (non-hydrogen) atoms. The van der Waals surface area contributed by atoms with Crippen molar-refractivity contribution < 1.29 is 9.47 Å². The first-order valence-corrected chi connectivity index (χ1v) is 10.6. The van der Waals surface area contributed by atoms with E-state index in [-0.39, 0.29) is 0 Å². The van der Waals surface area contributed by atoms with E-state index in [1.807, 2.05) is 51.9 Å². The van der Waals surface area contributed by atoms with E-state index in [4.69, 9.17) is 26.8 Å². The van der Waals surface area contributed by atoms with Gasteiger partial charge in [0.05, 0.1) is 13.8 Å². The van der Waals surface area contributed by atoms with Gasteiger partial charge in [-0.3, -0.25) is 4.90 Å². The van der Waals surface area contributed by atoms with Gasteiger partial charge in [-0.05, 0) is 60.8 Å². The first-order valence-electron chi connectivity index (χ1n) is 9.32. The summed E-state index contributed by atoms with van der Waals surface area (Å²) in [5.41, 5.74) is 0. The van der Waals surface area contributed by atoms with E-state index in [2.05, 4.69) is 22.4 Å². The van der Waals surface area contributed by atoms with E-state index >= 15 is 0 Å². The number of aromatic nitrogens is 3. The molecule has 3 aromatic rings. The molecule has 0 N–H and O–H groups in total. The van der Waals surface area contributed by atoms with Crippen molar-refractivity contribution in [1.82, 2.24) is 19.2 Å². The molecule has 6 nitrogen and oxygen atoms in total. The van der Waals surface area contributed by atoms with Gasteiger partial charge >= 0.3 is 0 Å². The van der Waals surface area contributed by atoms with Crippen LogP contribution in [-0.4, -0.2) is 32.9 Å². The molecule has 1 fully saturated rings. The monoisotopic (exact) mass is 416 g/mol. The highest BCUT2D eigenvalue weighted by Crippen LogP contribution is 2.34. The average molecular weight is 417 g/mol. The Bertz CT molecular complexity index is 963. The molecule has 8 heteroatoms. The third kappa shape index (κ3) is 3.99. The van der Waals surface area contributed by atoms with Gasteiger partial charge in [-0.15, -0.1) is 11.3 Å². The largest absolute Gasteiger partial charge is 0.497 e. The first-order chi connectivity index (χ1) is 13.7. The van der Waals surface area contributed by atoms with Gasteiger partial charge in [0.25, 0.3) is 0 Å². The number of hydrogen-bond acceptors (Lipinski definition) is 6. The summed E-state index contributed by atoms with van der Waals surface area (Å²) in [6.07, 6.45) is 2.39. The Labute approximate surface area is 173 Å². The lowest BCUT2D eigenvalue weighted by Gasteiger charge is -2.23. The van der Waals surface area contributed by atoms with Crippen LogP contribution in [0.25, 0.3) is 0 Å². The molecule has 0 spiro atoms. The fourth-order valence-corrected chi connectivity index (χ4v) is 4.64. The minimum Gasteiger partial charge on any atom is -0.497 e. The third-order valence-electron chi connectivity index (χ3n) is 5.11. The molecule has 0 bridgehead atoms. The van der Waals surface area contributed by atoms with Gasteiger partial charge in [0.15, 0.2) is 10.6 Å². The number of hydrogen-bond donors (Lipinski definition) is 0. The van der Waals surface area contributed by atoms with Gasteiger partial charge < -0.3 is 14.0 Å². The van der Waals surface area contributed by atoms with Gasteiger partial charge in [0.2, 0.25) is 0 Å². The first kappa shape index (κ1) is 19.2. The molecule has 148 valence electrons. The van der Waals surface area contributed by atoms with Gasteiger partial charge in [-0.25, -0.2) is 4.68 Å². The summed E-state index contributed by atoms with van der Waals surface area (Å²) < 4.78 is 15.6. The van der Waals surface area contributed by atoms with Crippen LogP contribution in [0.3, 0.4) is 0 Å². The van der Waals surface area contributed by atoms with Crippen LogP contribution >= 0.6 is 23.6 Å². The zero-order valence-corrected chi connectivity index (χ0v) is 17.7. The Morgan fingerprint density at radius 3 is 2.71 bits per heavy atom. The van der Waals surface area contributed by atoms with Crippen LogP contribution in [0.15, 0.2) is 41.8 Å². The number of rotatable bonds is 7. The highest BCUT2D eigenvalue weighted by Gasteiger charge is 2.27. The molecule has 1 saturated heterocycles. The van der Waals surface area contributed by atoms with E-state index in [0.29, 0.717) is 24.1 Å². The number of ether oxygens (including phenoxy) is 2. The Hall–Kier alpha value is -2.16. The van der Waals surface area contributed by atoms with Crippen molar-refractivity contribution in [3.05, 3.63) is 57.3 Å². The zero-order valence-electron chi connectivity index (χ0n) is 16.1. The molecule has 1 aliphatic rings. The molecule has 0 amide bonds. The predicted molar refractivity (Wildman–Crippen MR) is 112 cm³/mol. The van der Waals surface area contributed by atoms with Crippen LogP contribution in [0.2, 0.25) is 0 Å². The number of thiophene rings is 1. The quantitative estimate of drug-likeness (QED) is 0.534. The van der Waals surface area contributed by atoms with Crippen molar-refractivity contribution in [2.24, 2.45) is 7.05 Å². The van der Waals surface area contributed by atoms with E-state index in [1.165, 1.54) is 17.7 Å². The summed E-state index contributed by atoms with van der Waals surface area (Å²) in [6.45, 7) is 2.14. The summed E-state index contributed by atoms with van der Waals surface area (Å²) in [6, 6.07) is 12.3. The van der Waals surface area contributed by atoms with Gasteiger partial charge in [0, 0.05) is 24.5 Å². The molecule has 2 aromatic heterocycles. The SMILES string of the molecule is COc1ccc(OCc2nn(CN3CCC[C@H]3c3cccs3)c(=S)n2C)cc1. The summed E-state index contributed by atoms with van der Waals surface area (Å²) >= 11 is 7.44. The van der Waals surface area contributed by atoms with E-state index in [1.54, 1.807) is 7.11 Å². The van der Waals surface area contributed by atoms with Crippen molar-refractivity contribution in [2.75, 3.05) is 13.7 Å². The normalized spacial score (nSPS) is 17.1. The molecule has 0 radical (unpaired) electrons. The third-order valence-corrected chi connectivity index (χ3v) is 6.57. The second kappa shape index (κ2) is 8.46. The second-order valence-electron chi connectivity index (χ2n) is 6.85. The van der Waals surface area contributed by atoms with Crippen molar-refractivity contribution in [1.29, 1.82) is 0 Å². The fourth-order valence-electron chi connectivity index (χ4n) is 3.54. The number of benzene rings is 1. The van der Waals surface area contributed by atoms with Crippen LogP contribution in [0, 0.1) is 4.77 Å². The smallest absolute Gasteiger partial charge is 0.198 e. The molecule has 4 rings (SSSR count). The highest BCUT2D eigenvalue weighted by molar-refractivity contribution is 7.71. The van der Waals surface area contributed by atoms with E-state index < -0.39 is 0 Å². The molecule has 1 aliphatic heterocycles. The number of likely N-dealkylation sites (tertiary alicyclic amines) is 1. The second-order valence-corrected chi connectivity index (χ2v) is 8.19. The summed E-state index contributed by atoms with van der Waals surface area (Å²) in [7, 11) is 3.59. The minimum atomic E-state index is 0.369. The van der Waals surface area contributed by atoms with Crippen LogP contribution in [0.1, 0.15) is 29.6 Å². The number of methoxy groups -OCH3 is 1. The summed E-state index contributed by atoms with van der Waals surface area (Å²) in [5, 5.41) is 6.87. The molecule has 0 saturated carbocycles. The van der Waals surface area contributed by atoms with E-state index in [9.17, 15) is 0 Å². The maximum atomic E-state index is 5.88. The van der Waals surface area contributed by atoms with Crippen LogP contribution < -0.4 is 9.47 Å². The Kier molecular flexibility index (Phi) is 5.79. The topological polar surface area (TPSA) is 44.5 Å². The Morgan fingerprint density at radius 1 is 1.21 bits per heavy atom. The lowest BCUT2D eigenvalue weighted by Crippen LogP contribution is -2.26. The highest BCUT2D eigenvalue weighted by atomic mass is 32.1. The molecule has 0 aliphatic carbocycles. The van der Waals surface area contributed by atoms with Crippen molar-refractivity contribution in [3.8, 4) is 11.5 Å². The number of nitrogens with zero attached hydrogens (tertiary/aromatic N) is 4. The molecule has 1 aromatic carbocycles. The van der Waals surface area contributed by atoms with Gasteiger partial charge in [-0.1, -0.05) is 6.07 Å². The maximum Gasteiger partial charge on any atom is 0.198 e. The Morgan fingerprint density at radius 2 is 2.00 bits per heavy atom. The van der Waals surface area contributed by atoms with Crippen molar-refractivity contribution in [2.45, 2.75) is 32.2 Å². The van der Waals surface area contributed by atoms with Gasteiger partial charge in [-0.2, -0.15) is 5.10 Å². The summed E-state index contributed by atoms with van der Waals surface area (Å²) in [5.74, 6) is 2.40. The minimum absolute atomic E-state index is 0.369. The molecular weight excluding hydrogens is 392 g/mol. The lowest BCUT2D eigenvalue weighted by atomic mass is 10.2. The zero-order chi connectivity index (χ0) is 19.5. The molecule has 3 heterocycles.